The van der Waals surface area contributed by atoms with Crippen LogP contribution in [0.15, 0.2) is 22.4 Å². The van der Waals surface area contributed by atoms with Gasteiger partial charge in [0, 0.05) is 0 Å². The Morgan fingerprint density at radius 1 is 1.42 bits per heavy atom. The van der Waals surface area contributed by atoms with Crippen LogP contribution < -0.4 is 0 Å². The van der Waals surface area contributed by atoms with E-state index in [4.69, 9.17) is 4.74 Å². The van der Waals surface area contributed by atoms with Gasteiger partial charge in [-0.15, -0.1) is 24.0 Å². The highest BCUT2D eigenvalue weighted by atomic mass is 32.2. The summed E-state index contributed by atoms with van der Waals surface area (Å²) in [7, 11) is 0. The van der Waals surface area contributed by atoms with Crippen molar-refractivity contribution in [3.05, 3.63) is 35.5 Å². The first-order valence-electron chi connectivity index (χ1n) is 5.36. The number of thiol groups is 1. The zero-order valence-corrected chi connectivity index (χ0v) is 11.5. The summed E-state index contributed by atoms with van der Waals surface area (Å²) in [6.07, 6.45) is 0. The highest BCUT2D eigenvalue weighted by Crippen LogP contribution is 2.33. The highest BCUT2D eigenvalue weighted by Gasteiger charge is 2.21. The molecule has 1 aromatic heterocycles. The van der Waals surface area contributed by atoms with Crippen LogP contribution in [0.4, 0.5) is 8.78 Å². The second-order valence-corrected chi connectivity index (χ2v) is 5.24. The fourth-order valence-electron chi connectivity index (χ4n) is 1.45. The van der Waals surface area contributed by atoms with E-state index in [0.717, 1.165) is 23.5 Å². The molecular weight excluding hydrogens is 292 g/mol. The molecule has 1 heterocycles. The lowest BCUT2D eigenvalue weighted by Gasteiger charge is -2.00. The van der Waals surface area contributed by atoms with Crippen LogP contribution in [-0.4, -0.2) is 17.6 Å². The number of ether oxygens (including phenoxy) is 1. The Balaban J connectivity index is 2.48. The van der Waals surface area contributed by atoms with Gasteiger partial charge in [-0.3, -0.25) is 0 Å². The van der Waals surface area contributed by atoms with Gasteiger partial charge < -0.3 is 4.74 Å². The normalized spacial score (nSPS) is 10.5. The molecule has 0 spiro atoms. The van der Waals surface area contributed by atoms with E-state index in [1.165, 1.54) is 6.07 Å². The predicted molar refractivity (Wildman–Crippen MR) is 70.7 cm³/mol. The van der Waals surface area contributed by atoms with Crippen molar-refractivity contribution in [1.29, 1.82) is 0 Å². The molecule has 0 atom stereocenters. The van der Waals surface area contributed by atoms with Crippen LogP contribution in [0.5, 0.6) is 0 Å². The van der Waals surface area contributed by atoms with E-state index in [-0.39, 0.29) is 27.1 Å². The van der Waals surface area contributed by atoms with Gasteiger partial charge in [0.2, 0.25) is 0 Å². The van der Waals surface area contributed by atoms with Crippen molar-refractivity contribution >= 4 is 29.9 Å². The Morgan fingerprint density at radius 3 is 2.63 bits per heavy atom. The standard InChI is InChI=1S/C12H9F2NO2S2/c1-2-17-11(16)9-12(18)19-10(15-9)8-6(13)4-3-5-7(8)14/h3-5,18H,2H2,1H3. The third kappa shape index (κ3) is 2.76. The monoisotopic (exact) mass is 301 g/mol. The number of esters is 1. The van der Waals surface area contributed by atoms with Crippen molar-refractivity contribution in [3.8, 4) is 10.6 Å². The number of benzene rings is 1. The number of hydrogen-bond acceptors (Lipinski definition) is 5. The van der Waals surface area contributed by atoms with E-state index in [1.54, 1.807) is 6.92 Å². The topological polar surface area (TPSA) is 39.2 Å². The second-order valence-electron chi connectivity index (χ2n) is 3.49. The van der Waals surface area contributed by atoms with Gasteiger partial charge in [-0.25, -0.2) is 18.6 Å². The van der Waals surface area contributed by atoms with Gasteiger partial charge in [0.1, 0.15) is 16.6 Å². The van der Waals surface area contributed by atoms with Gasteiger partial charge >= 0.3 is 5.97 Å². The first-order chi connectivity index (χ1) is 9.04. The Labute approximate surface area is 117 Å². The van der Waals surface area contributed by atoms with Crippen molar-refractivity contribution in [2.45, 2.75) is 11.1 Å². The third-order valence-electron chi connectivity index (χ3n) is 2.25. The second kappa shape index (κ2) is 5.66. The lowest BCUT2D eigenvalue weighted by Crippen LogP contribution is -2.05. The van der Waals surface area contributed by atoms with E-state index in [1.807, 2.05) is 0 Å². The molecule has 0 saturated carbocycles. The minimum Gasteiger partial charge on any atom is -0.461 e. The molecule has 19 heavy (non-hydrogen) atoms. The van der Waals surface area contributed by atoms with Crippen LogP contribution in [0.2, 0.25) is 0 Å². The number of halogens is 2. The predicted octanol–water partition coefficient (Wildman–Crippen LogP) is 3.55. The molecule has 100 valence electrons. The molecule has 0 aliphatic carbocycles. The van der Waals surface area contributed by atoms with Crippen molar-refractivity contribution < 1.29 is 18.3 Å². The molecule has 3 nitrogen and oxygen atoms in total. The Kier molecular flexibility index (Phi) is 4.16. The SMILES string of the molecule is CCOC(=O)c1nc(-c2c(F)cccc2F)sc1S. The zero-order valence-electron chi connectivity index (χ0n) is 9.81. The minimum absolute atomic E-state index is 0.0344. The maximum Gasteiger partial charge on any atom is 0.359 e. The maximum atomic E-state index is 13.6. The summed E-state index contributed by atoms with van der Waals surface area (Å²) in [6.45, 7) is 1.84. The van der Waals surface area contributed by atoms with Crippen molar-refractivity contribution in [3.63, 3.8) is 0 Å². The molecule has 0 radical (unpaired) electrons. The average Bonchev–Trinajstić information content (AvgIpc) is 2.71. The molecule has 7 heteroatoms. The summed E-state index contributed by atoms with van der Waals surface area (Å²) in [4.78, 5) is 15.5. The van der Waals surface area contributed by atoms with Crippen LogP contribution in [0.25, 0.3) is 10.6 Å². The van der Waals surface area contributed by atoms with E-state index >= 15 is 0 Å². The quantitative estimate of drug-likeness (QED) is 0.696. The number of nitrogens with zero attached hydrogens (tertiary/aromatic N) is 1. The number of hydrogen-bond donors (Lipinski definition) is 1. The van der Waals surface area contributed by atoms with Crippen LogP contribution in [0, 0.1) is 11.6 Å². The Morgan fingerprint density at radius 2 is 2.05 bits per heavy atom. The van der Waals surface area contributed by atoms with Gasteiger partial charge in [-0.1, -0.05) is 6.07 Å². The van der Waals surface area contributed by atoms with E-state index in [0.29, 0.717) is 0 Å². The van der Waals surface area contributed by atoms with Gasteiger partial charge in [0.25, 0.3) is 0 Å². The van der Waals surface area contributed by atoms with Crippen molar-refractivity contribution in [2.75, 3.05) is 6.61 Å². The van der Waals surface area contributed by atoms with E-state index in [2.05, 4.69) is 17.6 Å². The summed E-state index contributed by atoms with van der Waals surface area (Å²) in [5.74, 6) is -2.14. The van der Waals surface area contributed by atoms with Crippen LogP contribution in [0.3, 0.4) is 0 Å². The van der Waals surface area contributed by atoms with Gasteiger partial charge in [-0.05, 0) is 19.1 Å². The minimum atomic E-state index is -0.738. The van der Waals surface area contributed by atoms with Crippen LogP contribution in [-0.2, 0) is 4.74 Å². The van der Waals surface area contributed by atoms with E-state index < -0.39 is 17.6 Å². The first kappa shape index (κ1) is 14.0. The molecule has 2 rings (SSSR count). The molecule has 1 aromatic carbocycles. The fourth-order valence-corrected chi connectivity index (χ4v) is 2.70. The Hall–Kier alpha value is -1.47. The summed E-state index contributed by atoms with van der Waals surface area (Å²) in [6, 6.07) is 3.51. The number of aromatic nitrogens is 1. The fraction of sp³-hybridized carbons (Fsp3) is 0.167. The van der Waals surface area contributed by atoms with Gasteiger partial charge in [0.05, 0.1) is 16.4 Å². The van der Waals surface area contributed by atoms with Crippen molar-refractivity contribution in [2.24, 2.45) is 0 Å². The maximum absolute atomic E-state index is 13.6. The van der Waals surface area contributed by atoms with E-state index in [9.17, 15) is 13.6 Å². The summed E-state index contributed by atoms with van der Waals surface area (Å²) >= 11 is 5.00. The molecule has 0 bridgehead atoms. The highest BCUT2D eigenvalue weighted by molar-refractivity contribution is 7.83. The summed E-state index contributed by atoms with van der Waals surface area (Å²) < 4.78 is 32.3. The van der Waals surface area contributed by atoms with Crippen LogP contribution in [0.1, 0.15) is 17.4 Å². The average molecular weight is 301 g/mol. The molecular formula is C12H9F2NO2S2. The molecule has 0 fully saturated rings. The lowest BCUT2D eigenvalue weighted by molar-refractivity contribution is 0.0516. The third-order valence-corrected chi connectivity index (χ3v) is 3.62. The zero-order chi connectivity index (χ0) is 14.0. The number of thiazole rings is 1. The molecule has 0 unspecified atom stereocenters. The number of carbonyl (C=O) groups is 1. The molecule has 0 aliphatic heterocycles. The van der Waals surface area contributed by atoms with Crippen molar-refractivity contribution in [1.82, 2.24) is 4.98 Å². The largest absolute Gasteiger partial charge is 0.461 e. The number of carbonyl (C=O) groups excluding carboxylic acids is 1. The molecule has 0 saturated heterocycles. The molecule has 0 aliphatic rings. The van der Waals surface area contributed by atoms with Gasteiger partial charge in [-0.2, -0.15) is 0 Å². The molecule has 0 N–H and O–H groups in total. The van der Waals surface area contributed by atoms with Crippen LogP contribution >= 0.6 is 24.0 Å². The number of rotatable bonds is 3. The first-order valence-corrected chi connectivity index (χ1v) is 6.62. The summed E-state index contributed by atoms with van der Waals surface area (Å²) in [5.41, 5.74) is -0.300. The molecule has 2 aromatic rings. The Bertz CT molecular complexity index is 608. The smallest absolute Gasteiger partial charge is 0.359 e. The summed E-state index contributed by atoms with van der Waals surface area (Å²) in [5, 5.41) is 0.0589. The lowest BCUT2D eigenvalue weighted by atomic mass is 10.2. The molecule has 0 amide bonds. The van der Waals surface area contributed by atoms with Gasteiger partial charge in [0.15, 0.2) is 5.69 Å².